The molecule has 3 rings (SSSR count). The zero-order valence-electron chi connectivity index (χ0n) is 23.3. The van der Waals surface area contributed by atoms with Crippen LogP contribution in [0.1, 0.15) is 61.8 Å². The van der Waals surface area contributed by atoms with Crippen LogP contribution in [0.4, 0.5) is 32.2 Å². The van der Waals surface area contributed by atoms with E-state index in [0.717, 1.165) is 32.2 Å². The molecule has 1 aliphatic carbocycles. The molecule has 0 bridgehead atoms. The van der Waals surface area contributed by atoms with Crippen LogP contribution in [0.15, 0.2) is 45.9 Å². The van der Waals surface area contributed by atoms with Crippen molar-refractivity contribution in [3.05, 3.63) is 52.7 Å². The molecule has 0 unspecified atom stereocenters. The number of nitrogens with zero attached hydrogens (tertiary/aromatic N) is 6. The van der Waals surface area contributed by atoms with Gasteiger partial charge in [0, 0.05) is 31.7 Å². The van der Waals surface area contributed by atoms with Crippen LogP contribution in [-0.2, 0) is 25.4 Å². The Balaban J connectivity index is 2.07. The van der Waals surface area contributed by atoms with Crippen LogP contribution in [0.3, 0.4) is 0 Å². The molecule has 1 aromatic carbocycles. The van der Waals surface area contributed by atoms with Crippen LogP contribution < -0.4 is 15.4 Å². The second kappa shape index (κ2) is 13.9. The Labute approximate surface area is 235 Å². The largest absolute Gasteiger partial charge is 0.492 e. The van der Waals surface area contributed by atoms with Crippen molar-refractivity contribution >= 4 is 11.8 Å². The number of aromatic nitrogens is 1. The van der Waals surface area contributed by atoms with E-state index in [-0.39, 0.29) is 24.1 Å². The summed E-state index contributed by atoms with van der Waals surface area (Å²) in [4.78, 5) is 8.09. The quantitative estimate of drug-likeness (QED) is 0.102. The highest BCUT2D eigenvalue weighted by Gasteiger charge is 2.37. The van der Waals surface area contributed by atoms with Crippen molar-refractivity contribution in [2.75, 3.05) is 31.6 Å². The average molecular weight is 588 g/mol. The minimum atomic E-state index is -4.98. The Hall–Kier alpha value is -3.58. The number of halogens is 6. The Morgan fingerprint density at radius 3 is 2.17 bits per heavy atom. The van der Waals surface area contributed by atoms with Crippen molar-refractivity contribution in [3.63, 3.8) is 0 Å². The fraction of sp³-hybridized carbons (Fsp3) is 0.556. The summed E-state index contributed by atoms with van der Waals surface area (Å²) in [5, 5.41) is 10.8. The minimum absolute atomic E-state index is 0.0451. The molecule has 1 fully saturated rings. The first-order valence-electron chi connectivity index (χ1n) is 13.4. The lowest BCUT2D eigenvalue weighted by Crippen LogP contribution is -2.37. The molecule has 0 aliphatic heterocycles. The Bertz CT molecular complexity index is 1180. The van der Waals surface area contributed by atoms with E-state index in [1.54, 1.807) is 12.3 Å². The maximum Gasteiger partial charge on any atom is 0.416 e. The summed E-state index contributed by atoms with van der Waals surface area (Å²) in [6.45, 7) is 5.11. The summed E-state index contributed by atoms with van der Waals surface area (Å²) in [5.74, 6) is 1.34. The molecule has 0 spiro atoms. The van der Waals surface area contributed by atoms with E-state index in [4.69, 9.17) is 10.5 Å². The van der Waals surface area contributed by atoms with E-state index in [1.165, 1.54) is 11.9 Å². The third-order valence-electron chi connectivity index (χ3n) is 6.81. The number of rotatable bonds is 11. The van der Waals surface area contributed by atoms with E-state index in [9.17, 15) is 26.3 Å². The smallest absolute Gasteiger partial charge is 0.416 e. The van der Waals surface area contributed by atoms with Crippen molar-refractivity contribution in [1.82, 2.24) is 9.88 Å². The number of hydrogen-bond acceptors (Lipinski definition) is 5. The van der Waals surface area contributed by atoms with Crippen molar-refractivity contribution in [2.24, 2.45) is 27.1 Å². The number of ether oxygens (including phenoxy) is 1. The van der Waals surface area contributed by atoms with E-state index >= 15 is 0 Å². The zero-order chi connectivity index (χ0) is 30.2. The highest BCUT2D eigenvalue weighted by atomic mass is 19.4. The van der Waals surface area contributed by atoms with Crippen LogP contribution in [0.2, 0.25) is 0 Å². The zero-order valence-corrected chi connectivity index (χ0v) is 23.3. The predicted molar refractivity (Wildman–Crippen MR) is 143 cm³/mol. The van der Waals surface area contributed by atoms with Gasteiger partial charge in [-0.3, -0.25) is 0 Å². The molecule has 2 aromatic rings. The van der Waals surface area contributed by atoms with Crippen LogP contribution in [0.25, 0.3) is 0 Å². The van der Waals surface area contributed by atoms with Gasteiger partial charge < -0.3 is 20.3 Å². The molecule has 14 heteroatoms. The molecule has 41 heavy (non-hydrogen) atoms. The van der Waals surface area contributed by atoms with Gasteiger partial charge in [0.15, 0.2) is 0 Å². The van der Waals surface area contributed by atoms with Crippen molar-refractivity contribution in [3.8, 4) is 5.75 Å². The Kier molecular flexibility index (Phi) is 10.8. The van der Waals surface area contributed by atoms with E-state index in [1.807, 2.05) is 13.8 Å². The molecule has 0 radical (unpaired) electrons. The number of nitrogens with two attached hydrogens (primary N) is 1. The van der Waals surface area contributed by atoms with Gasteiger partial charge in [0.2, 0.25) is 5.96 Å². The molecule has 1 heterocycles. The van der Waals surface area contributed by atoms with Gasteiger partial charge >= 0.3 is 12.4 Å². The maximum absolute atomic E-state index is 13.5. The Morgan fingerprint density at radius 2 is 1.63 bits per heavy atom. The molecule has 0 amide bonds. The summed E-state index contributed by atoms with van der Waals surface area (Å²) >= 11 is 0. The van der Waals surface area contributed by atoms with Gasteiger partial charge in [0.1, 0.15) is 11.6 Å². The SMILES string of the molecule is CCOc1cnc(N(CC)CC2CCCC2)c(CN(Cc2cc(C(F)(F)F)cc(C(F)(F)F)c2)/C(N)=N/N=NC)c1. The van der Waals surface area contributed by atoms with E-state index in [0.29, 0.717) is 48.3 Å². The lowest BCUT2D eigenvalue weighted by molar-refractivity contribution is -0.143. The van der Waals surface area contributed by atoms with Gasteiger partial charge in [0.05, 0.1) is 31.0 Å². The predicted octanol–water partition coefficient (Wildman–Crippen LogP) is 6.85. The number of alkyl halides is 6. The maximum atomic E-state index is 13.5. The lowest BCUT2D eigenvalue weighted by Gasteiger charge is -2.30. The van der Waals surface area contributed by atoms with E-state index in [2.05, 4.69) is 25.3 Å². The fourth-order valence-corrected chi connectivity index (χ4v) is 4.91. The van der Waals surface area contributed by atoms with Crippen molar-refractivity contribution in [2.45, 2.75) is 65.0 Å². The topological polar surface area (TPSA) is 91.7 Å². The second-order valence-corrected chi connectivity index (χ2v) is 9.79. The van der Waals surface area contributed by atoms with Crippen LogP contribution in [-0.4, -0.2) is 42.6 Å². The first kappa shape index (κ1) is 31.9. The molecule has 0 atom stereocenters. The minimum Gasteiger partial charge on any atom is -0.492 e. The highest BCUT2D eigenvalue weighted by Crippen LogP contribution is 2.37. The Morgan fingerprint density at radius 1 is 1.00 bits per heavy atom. The molecule has 1 aromatic heterocycles. The number of anilines is 1. The first-order chi connectivity index (χ1) is 19.3. The third kappa shape index (κ3) is 8.95. The average Bonchev–Trinajstić information content (AvgIpc) is 3.43. The van der Waals surface area contributed by atoms with Gasteiger partial charge in [-0.2, -0.15) is 31.5 Å². The van der Waals surface area contributed by atoms with Gasteiger partial charge in [-0.1, -0.05) is 17.9 Å². The monoisotopic (exact) mass is 587 g/mol. The second-order valence-electron chi connectivity index (χ2n) is 9.79. The number of benzene rings is 1. The molecular formula is C27H35F6N7O. The molecule has 226 valence electrons. The van der Waals surface area contributed by atoms with Crippen molar-refractivity contribution < 1.29 is 31.1 Å². The molecule has 1 aliphatic rings. The standard InChI is InChI=1S/C27H35F6N7O/c1-4-39(15-18-8-6-7-9-18)24-20(12-23(14-36-24)41-5-2)17-40(25(34)37-38-35-3)16-19-10-21(26(28,29)30)13-22(11-19)27(31,32)33/h10-14,18H,4-9,15-17H2,1-3H3,(H2,34,35,37). The van der Waals surface area contributed by atoms with Gasteiger partial charge in [-0.25, -0.2) is 4.98 Å². The summed E-state index contributed by atoms with van der Waals surface area (Å²) in [6.07, 6.45) is -3.84. The molecule has 0 saturated heterocycles. The number of pyridine rings is 1. The number of hydrogen-bond donors (Lipinski definition) is 1. The first-order valence-corrected chi connectivity index (χ1v) is 13.4. The van der Waals surface area contributed by atoms with Crippen LogP contribution in [0.5, 0.6) is 5.75 Å². The molecular weight excluding hydrogens is 552 g/mol. The van der Waals surface area contributed by atoms with Gasteiger partial charge in [-0.15, -0.1) is 0 Å². The molecule has 2 N–H and O–H groups in total. The normalized spacial score (nSPS) is 15.1. The van der Waals surface area contributed by atoms with Crippen molar-refractivity contribution in [1.29, 1.82) is 0 Å². The number of guanidine groups is 1. The highest BCUT2D eigenvalue weighted by molar-refractivity contribution is 5.78. The van der Waals surface area contributed by atoms with Gasteiger partial charge in [0.25, 0.3) is 0 Å². The summed E-state index contributed by atoms with van der Waals surface area (Å²) in [6, 6.07) is 3.18. The lowest BCUT2D eigenvalue weighted by atomic mass is 10.0. The third-order valence-corrected chi connectivity index (χ3v) is 6.81. The molecule has 8 nitrogen and oxygen atoms in total. The summed E-state index contributed by atoms with van der Waals surface area (Å²) in [7, 11) is 1.35. The summed E-state index contributed by atoms with van der Waals surface area (Å²) < 4.78 is 86.8. The van der Waals surface area contributed by atoms with E-state index < -0.39 is 30.0 Å². The summed E-state index contributed by atoms with van der Waals surface area (Å²) in [5.41, 5.74) is 3.67. The van der Waals surface area contributed by atoms with Crippen LogP contribution >= 0.6 is 0 Å². The fourth-order valence-electron chi connectivity index (χ4n) is 4.91. The molecule has 1 saturated carbocycles. The van der Waals surface area contributed by atoms with Crippen LogP contribution in [0, 0.1) is 5.92 Å². The van der Waals surface area contributed by atoms with Gasteiger partial charge in [-0.05, 0) is 67.7 Å².